The second-order valence-electron chi connectivity index (χ2n) is 5.34. The molecule has 0 aliphatic rings. The molecule has 0 aliphatic carbocycles. The monoisotopic (exact) mass is 326 g/mol. The lowest BCUT2D eigenvalue weighted by Gasteiger charge is -2.14. The van der Waals surface area contributed by atoms with Crippen LogP contribution in [0.25, 0.3) is 0 Å². The summed E-state index contributed by atoms with van der Waals surface area (Å²) in [5.41, 5.74) is 2.33. The van der Waals surface area contributed by atoms with Crippen molar-refractivity contribution in [3.63, 3.8) is 0 Å². The number of para-hydroxylation sites is 4. The number of ether oxygens (including phenoxy) is 2. The van der Waals surface area contributed by atoms with Crippen molar-refractivity contribution in [2.45, 2.75) is 6.92 Å². The minimum absolute atomic E-state index is 0.117. The van der Waals surface area contributed by atoms with Crippen molar-refractivity contribution < 1.29 is 14.3 Å². The second kappa shape index (κ2) is 8.62. The lowest BCUT2D eigenvalue weighted by Crippen LogP contribution is -2.22. The summed E-state index contributed by atoms with van der Waals surface area (Å²) < 4.78 is 10.9. The summed E-state index contributed by atoms with van der Waals surface area (Å²) in [6.45, 7) is 6.27. The van der Waals surface area contributed by atoms with Gasteiger partial charge in [0.15, 0.2) is 0 Å². The zero-order valence-electron chi connectivity index (χ0n) is 14.0. The predicted octanol–water partition coefficient (Wildman–Crippen LogP) is 3.70. The minimum atomic E-state index is -0.172. The number of benzene rings is 2. The second-order valence-corrected chi connectivity index (χ2v) is 5.34. The molecule has 0 spiro atoms. The quantitative estimate of drug-likeness (QED) is 0.726. The Hall–Kier alpha value is -2.95. The van der Waals surface area contributed by atoms with Gasteiger partial charge in [0.2, 0.25) is 5.91 Å². The molecule has 2 rings (SSSR count). The molecule has 2 N–H and O–H groups in total. The van der Waals surface area contributed by atoms with Crippen molar-refractivity contribution in [1.82, 2.24) is 0 Å². The van der Waals surface area contributed by atoms with Crippen LogP contribution in [0.1, 0.15) is 6.92 Å². The highest BCUT2D eigenvalue weighted by atomic mass is 16.5. The molecule has 0 atom stereocenters. The molecule has 5 heteroatoms. The van der Waals surface area contributed by atoms with Gasteiger partial charge in [-0.1, -0.05) is 30.8 Å². The molecule has 0 aliphatic heterocycles. The first-order valence-corrected chi connectivity index (χ1v) is 7.63. The molecule has 0 heterocycles. The molecule has 2 aromatic carbocycles. The number of rotatable bonds is 8. The van der Waals surface area contributed by atoms with E-state index in [1.807, 2.05) is 43.3 Å². The van der Waals surface area contributed by atoms with Crippen LogP contribution in [-0.4, -0.2) is 26.2 Å². The van der Waals surface area contributed by atoms with Gasteiger partial charge in [0.1, 0.15) is 18.1 Å². The SMILES string of the molecule is C=C(C)COc1ccccc1NCC(=O)Nc1ccccc1OC. The first-order chi connectivity index (χ1) is 11.6. The van der Waals surface area contributed by atoms with Gasteiger partial charge in [-0.25, -0.2) is 0 Å². The number of carbonyl (C=O) groups excluding carboxylic acids is 1. The molecule has 0 unspecified atom stereocenters. The molecule has 0 fully saturated rings. The number of hydrogen-bond donors (Lipinski definition) is 2. The molecule has 0 bridgehead atoms. The minimum Gasteiger partial charge on any atom is -0.495 e. The highest BCUT2D eigenvalue weighted by Gasteiger charge is 2.08. The Kier molecular flexibility index (Phi) is 6.25. The Morgan fingerprint density at radius 1 is 1.04 bits per heavy atom. The first-order valence-electron chi connectivity index (χ1n) is 7.63. The van der Waals surface area contributed by atoms with Crippen LogP contribution in [-0.2, 0) is 4.79 Å². The topological polar surface area (TPSA) is 59.6 Å². The Labute approximate surface area is 142 Å². The standard InChI is InChI=1S/C19H22N2O3/c1-14(2)13-24-18-11-7-4-8-15(18)20-12-19(22)21-16-9-5-6-10-17(16)23-3/h4-11,20H,1,12-13H2,2-3H3,(H,21,22). The molecular formula is C19H22N2O3. The van der Waals surface area contributed by atoms with Crippen molar-refractivity contribution in [3.05, 3.63) is 60.7 Å². The molecule has 126 valence electrons. The van der Waals surface area contributed by atoms with Crippen molar-refractivity contribution in [3.8, 4) is 11.5 Å². The van der Waals surface area contributed by atoms with Crippen LogP contribution in [0.3, 0.4) is 0 Å². The van der Waals surface area contributed by atoms with E-state index in [2.05, 4.69) is 17.2 Å². The summed E-state index contributed by atoms with van der Waals surface area (Å²) in [4.78, 5) is 12.1. The molecule has 0 saturated carbocycles. The van der Waals surface area contributed by atoms with E-state index in [9.17, 15) is 4.79 Å². The number of methoxy groups -OCH3 is 1. The maximum absolute atomic E-state index is 12.1. The van der Waals surface area contributed by atoms with Crippen LogP contribution in [0.5, 0.6) is 11.5 Å². The van der Waals surface area contributed by atoms with Crippen molar-refractivity contribution in [1.29, 1.82) is 0 Å². The van der Waals surface area contributed by atoms with Gasteiger partial charge in [0.25, 0.3) is 0 Å². The fraction of sp³-hybridized carbons (Fsp3) is 0.211. The summed E-state index contributed by atoms with van der Waals surface area (Å²) in [7, 11) is 1.57. The summed E-state index contributed by atoms with van der Waals surface area (Å²) >= 11 is 0. The fourth-order valence-electron chi connectivity index (χ4n) is 2.06. The molecule has 2 aromatic rings. The number of amides is 1. The summed E-state index contributed by atoms with van der Waals surface area (Å²) in [6, 6.07) is 14.8. The van der Waals surface area contributed by atoms with E-state index >= 15 is 0 Å². The van der Waals surface area contributed by atoms with Gasteiger partial charge < -0.3 is 20.1 Å². The average Bonchev–Trinajstić information content (AvgIpc) is 2.59. The molecule has 0 aromatic heterocycles. The van der Waals surface area contributed by atoms with E-state index in [1.165, 1.54) is 0 Å². The lowest BCUT2D eigenvalue weighted by molar-refractivity contribution is -0.114. The van der Waals surface area contributed by atoms with Gasteiger partial charge in [-0.2, -0.15) is 0 Å². The van der Waals surface area contributed by atoms with Crippen LogP contribution in [0, 0.1) is 0 Å². The van der Waals surface area contributed by atoms with Gasteiger partial charge in [-0.3, -0.25) is 4.79 Å². The normalized spacial score (nSPS) is 9.92. The lowest BCUT2D eigenvalue weighted by atomic mass is 10.2. The van der Waals surface area contributed by atoms with Gasteiger partial charge in [0.05, 0.1) is 25.0 Å². The molecular weight excluding hydrogens is 304 g/mol. The highest BCUT2D eigenvalue weighted by molar-refractivity contribution is 5.95. The molecule has 5 nitrogen and oxygen atoms in total. The van der Waals surface area contributed by atoms with E-state index in [0.29, 0.717) is 23.8 Å². The third-order valence-corrected chi connectivity index (χ3v) is 3.18. The van der Waals surface area contributed by atoms with Crippen LogP contribution in [0.2, 0.25) is 0 Å². The average molecular weight is 326 g/mol. The van der Waals surface area contributed by atoms with Crippen LogP contribution in [0.4, 0.5) is 11.4 Å². The zero-order valence-corrected chi connectivity index (χ0v) is 14.0. The van der Waals surface area contributed by atoms with E-state index in [0.717, 1.165) is 11.3 Å². The van der Waals surface area contributed by atoms with Crippen molar-refractivity contribution >= 4 is 17.3 Å². The Balaban J connectivity index is 1.95. The summed E-state index contributed by atoms with van der Waals surface area (Å²) in [5, 5.41) is 5.91. The third kappa shape index (κ3) is 5.05. The Morgan fingerprint density at radius 2 is 1.67 bits per heavy atom. The third-order valence-electron chi connectivity index (χ3n) is 3.18. The van der Waals surface area contributed by atoms with E-state index in [1.54, 1.807) is 19.2 Å². The number of anilines is 2. The van der Waals surface area contributed by atoms with E-state index in [4.69, 9.17) is 9.47 Å². The van der Waals surface area contributed by atoms with Gasteiger partial charge in [-0.15, -0.1) is 0 Å². The summed E-state index contributed by atoms with van der Waals surface area (Å²) in [6.07, 6.45) is 0. The number of hydrogen-bond acceptors (Lipinski definition) is 4. The molecule has 0 radical (unpaired) electrons. The van der Waals surface area contributed by atoms with E-state index in [-0.39, 0.29) is 12.5 Å². The fourth-order valence-corrected chi connectivity index (χ4v) is 2.06. The van der Waals surface area contributed by atoms with Crippen molar-refractivity contribution in [2.75, 3.05) is 30.9 Å². The summed E-state index contributed by atoms with van der Waals surface area (Å²) in [5.74, 6) is 1.14. The van der Waals surface area contributed by atoms with Gasteiger partial charge >= 0.3 is 0 Å². The highest BCUT2D eigenvalue weighted by Crippen LogP contribution is 2.25. The Bertz CT molecular complexity index is 713. The maximum atomic E-state index is 12.1. The van der Waals surface area contributed by atoms with E-state index < -0.39 is 0 Å². The maximum Gasteiger partial charge on any atom is 0.243 e. The molecule has 0 saturated heterocycles. The van der Waals surface area contributed by atoms with Gasteiger partial charge in [0, 0.05) is 0 Å². The van der Waals surface area contributed by atoms with Gasteiger partial charge in [-0.05, 0) is 36.8 Å². The van der Waals surface area contributed by atoms with Crippen LogP contribution in [0.15, 0.2) is 60.7 Å². The van der Waals surface area contributed by atoms with Crippen LogP contribution >= 0.6 is 0 Å². The number of carbonyl (C=O) groups is 1. The largest absolute Gasteiger partial charge is 0.495 e. The molecule has 24 heavy (non-hydrogen) atoms. The number of nitrogens with one attached hydrogen (secondary N) is 2. The first kappa shape index (κ1) is 17.4. The predicted molar refractivity (Wildman–Crippen MR) is 96.9 cm³/mol. The molecule has 1 amide bonds. The zero-order chi connectivity index (χ0) is 17.4. The van der Waals surface area contributed by atoms with Crippen molar-refractivity contribution in [2.24, 2.45) is 0 Å². The Morgan fingerprint density at radius 3 is 2.33 bits per heavy atom. The smallest absolute Gasteiger partial charge is 0.243 e. The van der Waals surface area contributed by atoms with Crippen LogP contribution < -0.4 is 20.1 Å².